The van der Waals surface area contributed by atoms with Gasteiger partial charge in [-0.2, -0.15) is 0 Å². The predicted molar refractivity (Wildman–Crippen MR) is 1.37 cm³/mol. The summed E-state index contributed by atoms with van der Waals surface area (Å²) in [7, 11) is 0. The molecule has 25 valence electrons. The summed E-state index contributed by atoms with van der Waals surface area (Å²) in [6.45, 7) is 0. The van der Waals surface area contributed by atoms with Gasteiger partial charge in [0.05, 0.1) is 0 Å². The normalized spacial score (nSPS) is 0. The van der Waals surface area contributed by atoms with E-state index < -0.39 is 0 Å². The molecule has 5 heavy (non-hydrogen) atoms. The monoisotopic (exact) mass is 191 g/mol. The van der Waals surface area contributed by atoms with E-state index in [0.717, 1.165) is 0 Å². The molecule has 0 rings (SSSR count). The molecular weight excluding hydrogens is 191 g/mol. The molecule has 0 bridgehead atoms. The Morgan fingerprint density at radius 2 is 0.600 bits per heavy atom. The van der Waals surface area contributed by atoms with Gasteiger partial charge < -0.3 is 11.0 Å². The van der Waals surface area contributed by atoms with Gasteiger partial charge in [-0.05, 0) is 0 Å². The van der Waals surface area contributed by atoms with Crippen LogP contribution in [0.4, 0.5) is 0 Å². The fourth-order valence-electron chi connectivity index (χ4n) is 0. The van der Waals surface area contributed by atoms with Gasteiger partial charge in [0.2, 0.25) is 0 Å². The first kappa shape index (κ1) is 67.8. The minimum Gasteiger partial charge on any atom is -2.00 e. The van der Waals surface area contributed by atoms with Crippen LogP contribution in [-0.2, 0) is 71.5 Å². The third kappa shape index (κ3) is 25.2. The summed E-state index contributed by atoms with van der Waals surface area (Å²) in [6.07, 6.45) is 0. The van der Waals surface area contributed by atoms with Crippen LogP contribution in [0.5, 0.6) is 0 Å². The molecule has 0 amide bonds. The predicted octanol–water partition coefficient (Wildman–Crippen LogP) is -0.245. The molecular formula is CuO2Ti2+6. The number of rotatable bonds is 0. The van der Waals surface area contributed by atoms with Gasteiger partial charge in [-0.25, -0.2) is 0 Å². The maximum absolute atomic E-state index is 0. The maximum Gasteiger partial charge on any atom is 4.00 e. The van der Waals surface area contributed by atoms with Crippen molar-refractivity contribution >= 4 is 0 Å². The van der Waals surface area contributed by atoms with Crippen LogP contribution in [-0.4, -0.2) is 0 Å². The molecule has 0 heterocycles. The zero-order valence-corrected chi connectivity index (χ0v) is 6.18. The van der Waals surface area contributed by atoms with Crippen molar-refractivity contribution in [1.82, 2.24) is 0 Å². The molecule has 0 atom stereocenters. The first-order chi connectivity index (χ1) is 0. The Balaban J connectivity index is 0. The van der Waals surface area contributed by atoms with E-state index in [1.165, 1.54) is 0 Å². The van der Waals surface area contributed by atoms with Crippen LogP contribution in [0.3, 0.4) is 0 Å². The van der Waals surface area contributed by atoms with E-state index in [9.17, 15) is 0 Å². The summed E-state index contributed by atoms with van der Waals surface area (Å²) in [5, 5.41) is 0. The van der Waals surface area contributed by atoms with Crippen LogP contribution in [0.1, 0.15) is 0 Å². The summed E-state index contributed by atoms with van der Waals surface area (Å²) < 4.78 is 0. The smallest absolute Gasteiger partial charge is 2.00 e. The topological polar surface area (TPSA) is 57.0 Å². The van der Waals surface area contributed by atoms with Gasteiger partial charge in [0.1, 0.15) is 0 Å². The van der Waals surface area contributed by atoms with Crippen LogP contribution < -0.4 is 0 Å². The molecule has 0 spiro atoms. The van der Waals surface area contributed by atoms with Gasteiger partial charge in [-0.1, -0.05) is 0 Å². The second-order valence-electron chi connectivity index (χ2n) is 0. The Hall–Kier alpha value is 1.87. The zero-order valence-electron chi connectivity index (χ0n) is 2.12. The summed E-state index contributed by atoms with van der Waals surface area (Å²) >= 11 is 0. The molecule has 0 fully saturated rings. The van der Waals surface area contributed by atoms with Crippen LogP contribution in [0.2, 0.25) is 0 Å². The van der Waals surface area contributed by atoms with Crippen LogP contribution in [0.15, 0.2) is 0 Å². The summed E-state index contributed by atoms with van der Waals surface area (Å²) in [4.78, 5) is 0. The van der Waals surface area contributed by atoms with Crippen molar-refractivity contribution in [1.29, 1.82) is 0 Å². The molecule has 0 unspecified atom stereocenters. The zero-order chi connectivity index (χ0) is 0. The van der Waals surface area contributed by atoms with E-state index >= 15 is 0 Å². The fourth-order valence-corrected chi connectivity index (χ4v) is 0. The van der Waals surface area contributed by atoms with Crippen molar-refractivity contribution < 1.29 is 71.5 Å². The SMILES string of the molecule is [Cu+2].[O-2].[O-2].[Ti+4].[Ti+4]. The molecule has 0 aliphatic rings. The molecule has 0 aromatic carbocycles. The maximum atomic E-state index is 0. The van der Waals surface area contributed by atoms with Gasteiger partial charge in [0, 0.05) is 0 Å². The molecule has 0 saturated heterocycles. The average Bonchev–Trinajstić information content (AvgIpc) is 0. The Morgan fingerprint density at radius 1 is 0.600 bits per heavy atom. The minimum absolute atomic E-state index is 0. The van der Waals surface area contributed by atoms with Crippen LogP contribution >= 0.6 is 0 Å². The van der Waals surface area contributed by atoms with E-state index in [1.54, 1.807) is 0 Å². The second-order valence-corrected chi connectivity index (χ2v) is 0. The Kier molecular flexibility index (Phi) is 540. The molecule has 0 aliphatic heterocycles. The average molecular weight is 191 g/mol. The molecule has 2 nitrogen and oxygen atoms in total. The quantitative estimate of drug-likeness (QED) is 0.474. The van der Waals surface area contributed by atoms with Crippen molar-refractivity contribution in [2.75, 3.05) is 0 Å². The first-order valence-corrected chi connectivity index (χ1v) is 0. The van der Waals surface area contributed by atoms with Gasteiger partial charge in [0.25, 0.3) is 0 Å². The van der Waals surface area contributed by atoms with E-state index in [4.69, 9.17) is 0 Å². The van der Waals surface area contributed by atoms with Crippen LogP contribution in [0.25, 0.3) is 0 Å². The molecule has 0 saturated carbocycles. The molecule has 5 heteroatoms. The van der Waals surface area contributed by atoms with Crippen molar-refractivity contribution in [3.8, 4) is 0 Å². The van der Waals surface area contributed by atoms with E-state index in [1.807, 2.05) is 0 Å². The van der Waals surface area contributed by atoms with Gasteiger partial charge in [-0.15, -0.1) is 0 Å². The Morgan fingerprint density at radius 3 is 0.600 bits per heavy atom. The van der Waals surface area contributed by atoms with Crippen molar-refractivity contribution in [3.63, 3.8) is 0 Å². The van der Waals surface area contributed by atoms with E-state index in [0.29, 0.717) is 0 Å². The van der Waals surface area contributed by atoms with Crippen molar-refractivity contribution in [2.24, 2.45) is 0 Å². The van der Waals surface area contributed by atoms with E-state index in [2.05, 4.69) is 0 Å². The van der Waals surface area contributed by atoms with E-state index in [-0.39, 0.29) is 71.5 Å². The molecule has 0 aromatic rings. The minimum atomic E-state index is 0. The standard InChI is InChI=1S/Cu.2O.2Ti/q+2;2*-2;2*+4. The number of hydrogen-bond acceptors (Lipinski definition) is 0. The van der Waals surface area contributed by atoms with Crippen molar-refractivity contribution in [2.45, 2.75) is 0 Å². The molecule has 0 aliphatic carbocycles. The van der Waals surface area contributed by atoms with Gasteiger partial charge >= 0.3 is 60.5 Å². The van der Waals surface area contributed by atoms with Crippen molar-refractivity contribution in [3.05, 3.63) is 0 Å². The third-order valence-corrected chi connectivity index (χ3v) is 0. The second kappa shape index (κ2) is 39.8. The van der Waals surface area contributed by atoms with Crippen LogP contribution in [0, 0.1) is 0 Å². The van der Waals surface area contributed by atoms with Gasteiger partial charge in [0.15, 0.2) is 0 Å². The Bertz CT molecular complexity index is 7.61. The Labute approximate surface area is 70.9 Å². The molecule has 1 radical (unpaired) electrons. The first-order valence-electron chi connectivity index (χ1n) is 0. The summed E-state index contributed by atoms with van der Waals surface area (Å²) in [5.74, 6) is 0. The fraction of sp³-hybridized carbons (Fsp3) is 0. The third-order valence-electron chi connectivity index (χ3n) is 0. The largest absolute Gasteiger partial charge is 4.00 e. The molecule has 0 N–H and O–H groups in total. The van der Waals surface area contributed by atoms with Gasteiger partial charge in [-0.3, -0.25) is 0 Å². The summed E-state index contributed by atoms with van der Waals surface area (Å²) in [6, 6.07) is 0. The number of hydrogen-bond donors (Lipinski definition) is 0. The molecule has 0 aromatic heterocycles. The summed E-state index contributed by atoms with van der Waals surface area (Å²) in [5.41, 5.74) is 0.